The number of carbonyl (C=O) groups excluding carboxylic acids is 2. The van der Waals surface area contributed by atoms with Crippen molar-refractivity contribution in [2.24, 2.45) is 0 Å². The maximum Gasteiger partial charge on any atom is 0.201 e. The van der Waals surface area contributed by atoms with Gasteiger partial charge in [0, 0.05) is 12.0 Å². The van der Waals surface area contributed by atoms with Crippen LogP contribution >= 0.6 is 0 Å². The minimum Gasteiger partial charge on any atom is -0.507 e. The van der Waals surface area contributed by atoms with Crippen LogP contribution in [-0.2, 0) is 0 Å². The lowest BCUT2D eigenvalue weighted by Crippen LogP contribution is -2.28. The van der Waals surface area contributed by atoms with Crippen LogP contribution in [0.1, 0.15) is 32.7 Å². The molecule has 0 saturated carbocycles. The summed E-state index contributed by atoms with van der Waals surface area (Å²) in [6.07, 6.45) is -0.139. The highest BCUT2D eigenvalue weighted by atomic mass is 16.3. The van der Waals surface area contributed by atoms with E-state index in [1.807, 2.05) is 0 Å². The van der Waals surface area contributed by atoms with Gasteiger partial charge < -0.3 is 20.4 Å². The zero-order valence-corrected chi connectivity index (χ0v) is 11.0. The third-order valence-electron chi connectivity index (χ3n) is 3.75. The quantitative estimate of drug-likeness (QED) is 0.535. The van der Waals surface area contributed by atoms with E-state index < -0.39 is 29.2 Å². The van der Waals surface area contributed by atoms with Gasteiger partial charge in [-0.15, -0.1) is 0 Å². The second-order valence-electron chi connectivity index (χ2n) is 5.15. The van der Waals surface area contributed by atoms with Gasteiger partial charge in [-0.3, -0.25) is 9.59 Å². The fourth-order valence-electron chi connectivity index (χ4n) is 2.77. The maximum absolute atomic E-state index is 12.5. The summed E-state index contributed by atoms with van der Waals surface area (Å²) in [6.45, 7) is 1.49. The van der Waals surface area contributed by atoms with Crippen LogP contribution < -0.4 is 0 Å². The summed E-state index contributed by atoms with van der Waals surface area (Å²) >= 11 is 0. The Hall–Kier alpha value is -2.60. The van der Waals surface area contributed by atoms with E-state index in [2.05, 4.69) is 0 Å². The highest BCUT2D eigenvalue weighted by Crippen LogP contribution is 2.42. The summed E-state index contributed by atoms with van der Waals surface area (Å²) in [5.41, 5.74) is -0.624. The van der Waals surface area contributed by atoms with E-state index in [1.165, 1.54) is 13.0 Å². The normalized spacial score (nSPS) is 21.0. The summed E-state index contributed by atoms with van der Waals surface area (Å²) in [5, 5.41) is 39.4. The number of phenols is 2. The molecule has 0 aromatic heterocycles. The van der Waals surface area contributed by atoms with Crippen LogP contribution in [0, 0.1) is 6.92 Å². The van der Waals surface area contributed by atoms with Crippen molar-refractivity contribution in [1.29, 1.82) is 0 Å². The second-order valence-corrected chi connectivity index (χ2v) is 5.15. The summed E-state index contributed by atoms with van der Waals surface area (Å²) < 4.78 is 0. The second kappa shape index (κ2) is 4.20. The van der Waals surface area contributed by atoms with Gasteiger partial charge in [-0.05, 0) is 24.6 Å². The third-order valence-corrected chi connectivity index (χ3v) is 3.75. The van der Waals surface area contributed by atoms with E-state index in [0.29, 0.717) is 0 Å². The van der Waals surface area contributed by atoms with Gasteiger partial charge in [0.1, 0.15) is 17.3 Å². The number of aromatic hydroxyl groups is 2. The summed E-state index contributed by atoms with van der Waals surface area (Å²) in [4.78, 5) is 24.9. The van der Waals surface area contributed by atoms with Crippen molar-refractivity contribution < 1.29 is 30.0 Å². The van der Waals surface area contributed by atoms with Crippen LogP contribution in [0.25, 0.3) is 0 Å². The van der Waals surface area contributed by atoms with Gasteiger partial charge in [0.15, 0.2) is 5.78 Å². The lowest BCUT2D eigenvalue weighted by Gasteiger charge is -2.26. The Morgan fingerprint density at radius 3 is 2.43 bits per heavy atom. The Bertz CT molecular complexity index is 769. The molecule has 0 saturated heterocycles. The summed E-state index contributed by atoms with van der Waals surface area (Å²) in [5.74, 6) is -2.71. The van der Waals surface area contributed by atoms with Crippen LogP contribution in [0.5, 0.6) is 11.5 Å². The number of hydrogen-bond acceptors (Lipinski definition) is 6. The molecule has 1 aromatic carbocycles. The molecule has 0 radical (unpaired) electrons. The fourth-order valence-corrected chi connectivity index (χ4v) is 2.77. The molecule has 1 aromatic rings. The molecule has 108 valence electrons. The molecule has 0 amide bonds. The number of aliphatic hydroxyl groups excluding tert-OH is 2. The molecule has 2 aliphatic rings. The average molecular weight is 288 g/mol. The Morgan fingerprint density at radius 2 is 1.76 bits per heavy atom. The first kappa shape index (κ1) is 13.4. The van der Waals surface area contributed by atoms with E-state index in [4.69, 9.17) is 0 Å². The molecule has 3 rings (SSSR count). The Labute approximate surface area is 119 Å². The van der Waals surface area contributed by atoms with E-state index in [0.717, 1.165) is 6.08 Å². The molecule has 1 atom stereocenters. The fraction of sp³-hybridized carbons (Fsp3) is 0.200. The monoisotopic (exact) mass is 288 g/mol. The molecule has 0 unspecified atom stereocenters. The van der Waals surface area contributed by atoms with Crippen LogP contribution in [0.4, 0.5) is 0 Å². The molecule has 2 aliphatic carbocycles. The number of ketones is 2. The number of aryl methyl sites for hydroxylation is 1. The lowest BCUT2D eigenvalue weighted by molar-refractivity contribution is 0.0949. The standard InChI is InChI=1S/C15H12O6/c1-5-2-8(17)11-12(13(5)19)14(20)7-3-6(16)4-9(18)10(7)15(11)21/h2,4,6,16-19H,3H2,1H3/t6-/m0/s1. The van der Waals surface area contributed by atoms with Gasteiger partial charge in [-0.1, -0.05) is 0 Å². The van der Waals surface area contributed by atoms with Crippen LogP contribution in [0.3, 0.4) is 0 Å². The van der Waals surface area contributed by atoms with Crippen molar-refractivity contribution in [1.82, 2.24) is 0 Å². The lowest BCUT2D eigenvalue weighted by atomic mass is 9.77. The number of phenolic OH excluding ortho intramolecular Hbond substituents is 2. The van der Waals surface area contributed by atoms with Gasteiger partial charge in [0.25, 0.3) is 0 Å². The molecule has 0 aliphatic heterocycles. The number of hydrogen-bond donors (Lipinski definition) is 4. The van der Waals surface area contributed by atoms with Crippen molar-refractivity contribution in [2.75, 3.05) is 0 Å². The number of aliphatic hydroxyl groups is 2. The van der Waals surface area contributed by atoms with Gasteiger partial charge in [-0.2, -0.15) is 0 Å². The Morgan fingerprint density at radius 1 is 1.10 bits per heavy atom. The van der Waals surface area contributed by atoms with E-state index >= 15 is 0 Å². The molecule has 6 heteroatoms. The predicted octanol–water partition coefficient (Wildman–Crippen LogP) is 1.29. The van der Waals surface area contributed by atoms with Crippen LogP contribution in [0.2, 0.25) is 0 Å². The minimum absolute atomic E-state index is 0.0553. The summed E-state index contributed by atoms with van der Waals surface area (Å²) in [7, 11) is 0. The molecule has 0 spiro atoms. The maximum atomic E-state index is 12.5. The molecule has 6 nitrogen and oxygen atoms in total. The predicted molar refractivity (Wildman–Crippen MR) is 71.5 cm³/mol. The van der Waals surface area contributed by atoms with Crippen molar-refractivity contribution in [2.45, 2.75) is 19.4 Å². The van der Waals surface area contributed by atoms with Crippen molar-refractivity contribution in [3.63, 3.8) is 0 Å². The molecular weight excluding hydrogens is 276 g/mol. The van der Waals surface area contributed by atoms with Crippen molar-refractivity contribution >= 4 is 11.6 Å². The average Bonchev–Trinajstić information content (AvgIpc) is 2.39. The van der Waals surface area contributed by atoms with E-state index in [-0.39, 0.29) is 40.0 Å². The zero-order valence-electron chi connectivity index (χ0n) is 11.0. The van der Waals surface area contributed by atoms with Gasteiger partial charge >= 0.3 is 0 Å². The first-order chi connectivity index (χ1) is 9.82. The smallest absolute Gasteiger partial charge is 0.201 e. The molecular formula is C15H12O6. The molecule has 0 bridgehead atoms. The van der Waals surface area contributed by atoms with Gasteiger partial charge in [-0.25, -0.2) is 0 Å². The van der Waals surface area contributed by atoms with Crippen molar-refractivity contribution in [3.8, 4) is 11.5 Å². The molecule has 4 N–H and O–H groups in total. The molecule has 21 heavy (non-hydrogen) atoms. The van der Waals surface area contributed by atoms with E-state index in [9.17, 15) is 30.0 Å². The van der Waals surface area contributed by atoms with Gasteiger partial charge in [0.2, 0.25) is 5.78 Å². The highest BCUT2D eigenvalue weighted by Gasteiger charge is 2.40. The van der Waals surface area contributed by atoms with Crippen molar-refractivity contribution in [3.05, 3.63) is 45.7 Å². The number of rotatable bonds is 0. The first-order valence-corrected chi connectivity index (χ1v) is 6.30. The van der Waals surface area contributed by atoms with Crippen LogP contribution in [-0.4, -0.2) is 38.1 Å². The SMILES string of the molecule is Cc1cc(O)c2c(c1O)C(=O)C1=C(C2=O)C(O)=C[C@@H](O)C1. The number of fused-ring (bicyclic) bond motifs is 1. The molecule has 0 heterocycles. The molecule has 0 fully saturated rings. The topological polar surface area (TPSA) is 115 Å². The largest absolute Gasteiger partial charge is 0.507 e. The Balaban J connectivity index is 2.34. The summed E-state index contributed by atoms with van der Waals surface area (Å²) in [6, 6.07) is 1.18. The number of benzene rings is 1. The minimum atomic E-state index is -1.08. The number of carbonyl (C=O) groups is 2. The number of allylic oxidation sites excluding steroid dienone is 1. The number of Topliss-reactive ketones (excluding diaryl/α,β-unsaturated/α-hetero) is 2. The zero-order chi connectivity index (χ0) is 15.5. The highest BCUT2D eigenvalue weighted by molar-refractivity contribution is 6.30. The Kier molecular flexibility index (Phi) is 2.67. The third kappa shape index (κ3) is 1.69. The van der Waals surface area contributed by atoms with Gasteiger partial charge in [0.05, 0.1) is 22.8 Å². The first-order valence-electron chi connectivity index (χ1n) is 6.30. The van der Waals surface area contributed by atoms with E-state index in [1.54, 1.807) is 0 Å². The van der Waals surface area contributed by atoms with Crippen LogP contribution in [0.15, 0.2) is 29.0 Å².